The van der Waals surface area contributed by atoms with Crippen molar-refractivity contribution in [3.63, 3.8) is 0 Å². The lowest BCUT2D eigenvalue weighted by Crippen LogP contribution is -2.44. The SMILES string of the molecule is O=C1NC2(CCCC2)C(=O)N1Cc1cn(-c2cccc(F)c2)nn1. The highest BCUT2D eigenvalue weighted by atomic mass is 19.1. The van der Waals surface area contributed by atoms with E-state index >= 15 is 0 Å². The Labute approximate surface area is 137 Å². The minimum atomic E-state index is -0.727. The number of urea groups is 1. The minimum Gasteiger partial charge on any atom is -0.323 e. The van der Waals surface area contributed by atoms with Crippen LogP contribution in [0.15, 0.2) is 30.5 Å². The zero-order chi connectivity index (χ0) is 16.7. The Kier molecular flexibility index (Phi) is 3.33. The molecule has 24 heavy (non-hydrogen) atoms. The van der Waals surface area contributed by atoms with Gasteiger partial charge in [0.25, 0.3) is 5.91 Å². The van der Waals surface area contributed by atoms with Crippen molar-refractivity contribution in [2.45, 2.75) is 37.8 Å². The van der Waals surface area contributed by atoms with Gasteiger partial charge >= 0.3 is 6.03 Å². The second kappa shape index (κ2) is 5.40. The number of nitrogens with one attached hydrogen (secondary N) is 1. The number of benzene rings is 1. The Morgan fingerprint density at radius 1 is 1.25 bits per heavy atom. The van der Waals surface area contributed by atoms with Crippen LogP contribution in [0.4, 0.5) is 9.18 Å². The van der Waals surface area contributed by atoms with Gasteiger partial charge in [0.05, 0.1) is 18.4 Å². The smallest absolute Gasteiger partial charge is 0.323 e. The van der Waals surface area contributed by atoms with E-state index in [0.29, 0.717) is 24.2 Å². The Morgan fingerprint density at radius 2 is 2.04 bits per heavy atom. The summed E-state index contributed by atoms with van der Waals surface area (Å²) >= 11 is 0. The maximum absolute atomic E-state index is 13.3. The quantitative estimate of drug-likeness (QED) is 0.870. The maximum atomic E-state index is 13.3. The van der Waals surface area contributed by atoms with Gasteiger partial charge in [0.1, 0.15) is 17.1 Å². The molecule has 0 unspecified atom stereocenters. The third-order valence-corrected chi connectivity index (χ3v) is 4.64. The van der Waals surface area contributed by atoms with Gasteiger partial charge in [-0.2, -0.15) is 0 Å². The zero-order valence-corrected chi connectivity index (χ0v) is 12.9. The predicted octanol–water partition coefficient (Wildman–Crippen LogP) is 1.77. The Bertz CT molecular complexity index is 812. The lowest BCUT2D eigenvalue weighted by molar-refractivity contribution is -0.131. The fraction of sp³-hybridized carbons (Fsp3) is 0.375. The first-order valence-corrected chi connectivity index (χ1v) is 7.89. The molecule has 1 aliphatic carbocycles. The van der Waals surface area contributed by atoms with Crippen LogP contribution in [-0.2, 0) is 11.3 Å². The normalized spacial score (nSPS) is 19.3. The standard InChI is InChI=1S/C16H16FN5O2/c17-11-4-3-5-13(8-11)22-10-12(19-20-22)9-21-14(23)16(18-15(21)24)6-1-2-7-16/h3-5,8,10H,1-2,6-7,9H2,(H,18,24). The molecule has 2 aliphatic rings. The van der Waals surface area contributed by atoms with Gasteiger partial charge in [-0.25, -0.2) is 13.9 Å². The highest BCUT2D eigenvalue weighted by Crippen LogP contribution is 2.35. The van der Waals surface area contributed by atoms with Gasteiger partial charge in [0, 0.05) is 0 Å². The molecule has 2 fully saturated rings. The number of aromatic nitrogens is 3. The average molecular weight is 329 g/mol. The lowest BCUT2D eigenvalue weighted by Gasteiger charge is -2.19. The monoisotopic (exact) mass is 329 g/mol. The van der Waals surface area contributed by atoms with Crippen LogP contribution in [0.2, 0.25) is 0 Å². The van der Waals surface area contributed by atoms with E-state index in [9.17, 15) is 14.0 Å². The highest BCUT2D eigenvalue weighted by molar-refractivity contribution is 6.07. The van der Waals surface area contributed by atoms with Crippen molar-refractivity contribution in [2.24, 2.45) is 0 Å². The molecule has 1 aromatic carbocycles. The van der Waals surface area contributed by atoms with Crippen LogP contribution in [-0.4, -0.2) is 37.4 Å². The van der Waals surface area contributed by atoms with E-state index in [1.54, 1.807) is 18.3 Å². The number of nitrogens with zero attached hydrogens (tertiary/aromatic N) is 4. The van der Waals surface area contributed by atoms with Crippen molar-refractivity contribution < 1.29 is 14.0 Å². The maximum Gasteiger partial charge on any atom is 0.325 e. The van der Waals surface area contributed by atoms with Gasteiger partial charge in [0.15, 0.2) is 0 Å². The molecule has 124 valence electrons. The fourth-order valence-corrected chi connectivity index (χ4v) is 3.41. The van der Waals surface area contributed by atoms with Crippen molar-refractivity contribution in [3.05, 3.63) is 42.0 Å². The number of carbonyl (C=O) groups is 2. The number of halogens is 1. The summed E-state index contributed by atoms with van der Waals surface area (Å²) in [6.07, 6.45) is 4.84. The number of hydrogen-bond donors (Lipinski definition) is 1. The molecule has 0 atom stereocenters. The predicted molar refractivity (Wildman–Crippen MR) is 81.6 cm³/mol. The third kappa shape index (κ3) is 2.34. The first-order valence-electron chi connectivity index (χ1n) is 7.89. The summed E-state index contributed by atoms with van der Waals surface area (Å²) in [6, 6.07) is 5.56. The van der Waals surface area contributed by atoms with E-state index < -0.39 is 5.54 Å². The van der Waals surface area contributed by atoms with Crippen LogP contribution in [0.5, 0.6) is 0 Å². The van der Waals surface area contributed by atoms with Crippen molar-refractivity contribution in [1.82, 2.24) is 25.2 Å². The molecule has 0 bridgehead atoms. The summed E-state index contributed by atoms with van der Waals surface area (Å²) in [5.74, 6) is -0.563. The van der Waals surface area contributed by atoms with Crippen LogP contribution in [0, 0.1) is 5.82 Å². The van der Waals surface area contributed by atoms with E-state index in [4.69, 9.17) is 0 Å². The Balaban J connectivity index is 1.54. The molecule has 1 saturated carbocycles. The molecule has 1 aromatic heterocycles. The minimum absolute atomic E-state index is 0.0573. The van der Waals surface area contributed by atoms with Gasteiger partial charge in [-0.05, 0) is 31.0 Å². The van der Waals surface area contributed by atoms with Crippen LogP contribution >= 0.6 is 0 Å². The number of hydrogen-bond acceptors (Lipinski definition) is 4. The summed E-state index contributed by atoms with van der Waals surface area (Å²) in [6.45, 7) is 0.0573. The van der Waals surface area contributed by atoms with E-state index in [0.717, 1.165) is 12.8 Å². The van der Waals surface area contributed by atoms with Crippen LogP contribution < -0.4 is 5.32 Å². The molecule has 1 spiro atoms. The molecule has 4 rings (SSSR count). The van der Waals surface area contributed by atoms with Gasteiger partial charge in [-0.1, -0.05) is 24.1 Å². The summed E-state index contributed by atoms with van der Waals surface area (Å²) < 4.78 is 14.7. The molecule has 7 nitrogen and oxygen atoms in total. The summed E-state index contributed by atoms with van der Waals surface area (Å²) in [7, 11) is 0. The summed E-state index contributed by atoms with van der Waals surface area (Å²) in [5, 5.41) is 10.8. The molecular weight excluding hydrogens is 313 g/mol. The van der Waals surface area contributed by atoms with Crippen molar-refractivity contribution in [3.8, 4) is 5.69 Å². The average Bonchev–Trinajstić information content (AvgIpc) is 3.26. The molecule has 8 heteroatoms. The molecular formula is C16H16FN5O2. The second-order valence-electron chi connectivity index (χ2n) is 6.24. The Hall–Kier alpha value is -2.77. The van der Waals surface area contributed by atoms with Crippen molar-refractivity contribution >= 4 is 11.9 Å². The molecule has 1 N–H and O–H groups in total. The van der Waals surface area contributed by atoms with E-state index in [1.807, 2.05) is 0 Å². The topological polar surface area (TPSA) is 80.1 Å². The number of amides is 3. The fourth-order valence-electron chi connectivity index (χ4n) is 3.41. The largest absolute Gasteiger partial charge is 0.325 e. The first-order chi connectivity index (χ1) is 11.6. The third-order valence-electron chi connectivity index (χ3n) is 4.64. The lowest BCUT2D eigenvalue weighted by atomic mass is 9.98. The zero-order valence-electron chi connectivity index (χ0n) is 12.9. The van der Waals surface area contributed by atoms with Gasteiger partial charge in [0.2, 0.25) is 0 Å². The molecule has 0 radical (unpaired) electrons. The first kappa shape index (κ1) is 14.8. The van der Waals surface area contributed by atoms with Crippen LogP contribution in [0.3, 0.4) is 0 Å². The molecule has 1 aliphatic heterocycles. The van der Waals surface area contributed by atoms with E-state index in [-0.39, 0.29) is 24.3 Å². The summed E-state index contributed by atoms with van der Waals surface area (Å²) in [4.78, 5) is 26.0. The molecule has 3 amide bonds. The van der Waals surface area contributed by atoms with Crippen LogP contribution in [0.25, 0.3) is 5.69 Å². The highest BCUT2D eigenvalue weighted by Gasteiger charge is 2.52. The Morgan fingerprint density at radius 3 is 2.79 bits per heavy atom. The number of imide groups is 1. The summed E-state index contributed by atoms with van der Waals surface area (Å²) in [5.41, 5.74) is 0.270. The van der Waals surface area contributed by atoms with E-state index in [1.165, 1.54) is 21.7 Å². The van der Waals surface area contributed by atoms with Gasteiger partial charge in [-0.15, -0.1) is 5.10 Å². The number of rotatable bonds is 3. The second-order valence-corrected chi connectivity index (χ2v) is 6.24. The molecule has 2 heterocycles. The van der Waals surface area contributed by atoms with Gasteiger partial charge in [-0.3, -0.25) is 9.69 Å². The van der Waals surface area contributed by atoms with Crippen LogP contribution in [0.1, 0.15) is 31.4 Å². The molecule has 1 saturated heterocycles. The van der Waals surface area contributed by atoms with Crippen molar-refractivity contribution in [1.29, 1.82) is 0 Å². The molecule has 2 aromatic rings. The number of carbonyl (C=O) groups excluding carboxylic acids is 2. The van der Waals surface area contributed by atoms with Crippen molar-refractivity contribution in [2.75, 3.05) is 0 Å². The van der Waals surface area contributed by atoms with Gasteiger partial charge < -0.3 is 5.32 Å². The van der Waals surface area contributed by atoms with E-state index in [2.05, 4.69) is 15.6 Å².